The molecule has 0 radical (unpaired) electrons. The first kappa shape index (κ1) is 18.4. The Hall–Kier alpha value is -1.99. The summed E-state index contributed by atoms with van der Waals surface area (Å²) < 4.78 is 7.83. The van der Waals surface area contributed by atoms with Crippen LogP contribution in [-0.2, 0) is 11.3 Å². The van der Waals surface area contributed by atoms with E-state index < -0.39 is 0 Å². The highest BCUT2D eigenvalue weighted by atomic mass is 16.5. The fraction of sp³-hybridized carbons (Fsp3) is 0.650. The van der Waals surface area contributed by atoms with Gasteiger partial charge in [0.2, 0.25) is 5.95 Å². The molecule has 0 amide bonds. The van der Waals surface area contributed by atoms with Crippen LogP contribution < -0.4 is 4.90 Å². The molecule has 2 fully saturated rings. The SMILES string of the molecule is CCCn1ncc(-c2ccnc(N3CCN(C[C@H]4CCCO4)CC3)n2)c1C. The van der Waals surface area contributed by atoms with E-state index in [1.54, 1.807) is 0 Å². The van der Waals surface area contributed by atoms with Crippen molar-refractivity contribution < 1.29 is 4.74 Å². The fourth-order valence-electron chi connectivity index (χ4n) is 3.99. The third-order valence-electron chi connectivity index (χ3n) is 5.60. The lowest BCUT2D eigenvalue weighted by Gasteiger charge is -2.35. The van der Waals surface area contributed by atoms with Crippen molar-refractivity contribution in [1.82, 2.24) is 24.6 Å². The number of rotatable bonds is 6. The number of aromatic nitrogens is 4. The summed E-state index contributed by atoms with van der Waals surface area (Å²) in [5, 5.41) is 4.51. The van der Waals surface area contributed by atoms with Crippen LogP contribution in [0.2, 0.25) is 0 Å². The molecule has 2 aromatic rings. The second kappa shape index (κ2) is 8.35. The highest BCUT2D eigenvalue weighted by Gasteiger charge is 2.24. The summed E-state index contributed by atoms with van der Waals surface area (Å²) in [5.74, 6) is 0.826. The quantitative estimate of drug-likeness (QED) is 0.778. The van der Waals surface area contributed by atoms with Gasteiger partial charge in [-0.15, -0.1) is 0 Å². The van der Waals surface area contributed by atoms with Crippen molar-refractivity contribution in [2.24, 2.45) is 0 Å². The van der Waals surface area contributed by atoms with Crippen molar-refractivity contribution >= 4 is 5.95 Å². The number of aryl methyl sites for hydroxylation is 1. The molecule has 0 bridgehead atoms. The molecule has 0 N–H and O–H groups in total. The lowest BCUT2D eigenvalue weighted by atomic mass is 10.2. The first-order valence-corrected chi connectivity index (χ1v) is 10.2. The molecule has 2 saturated heterocycles. The maximum Gasteiger partial charge on any atom is 0.225 e. The zero-order valence-corrected chi connectivity index (χ0v) is 16.5. The molecule has 7 heteroatoms. The first-order chi connectivity index (χ1) is 13.2. The Morgan fingerprint density at radius 2 is 2.07 bits per heavy atom. The number of anilines is 1. The Kier molecular flexibility index (Phi) is 5.69. The molecule has 0 unspecified atom stereocenters. The van der Waals surface area contributed by atoms with Crippen LogP contribution in [0.5, 0.6) is 0 Å². The fourth-order valence-corrected chi connectivity index (χ4v) is 3.99. The summed E-state index contributed by atoms with van der Waals surface area (Å²) in [5.41, 5.74) is 3.23. The smallest absolute Gasteiger partial charge is 0.225 e. The van der Waals surface area contributed by atoms with Gasteiger partial charge in [0.25, 0.3) is 0 Å². The number of hydrogen-bond acceptors (Lipinski definition) is 6. The van der Waals surface area contributed by atoms with Gasteiger partial charge in [-0.3, -0.25) is 9.58 Å². The van der Waals surface area contributed by atoms with E-state index in [1.807, 2.05) is 18.5 Å². The van der Waals surface area contributed by atoms with E-state index >= 15 is 0 Å². The largest absolute Gasteiger partial charge is 0.377 e. The highest BCUT2D eigenvalue weighted by Crippen LogP contribution is 2.23. The summed E-state index contributed by atoms with van der Waals surface area (Å²) in [4.78, 5) is 14.2. The zero-order valence-electron chi connectivity index (χ0n) is 16.5. The summed E-state index contributed by atoms with van der Waals surface area (Å²) in [7, 11) is 0. The van der Waals surface area contributed by atoms with Crippen molar-refractivity contribution in [3.63, 3.8) is 0 Å². The molecule has 4 heterocycles. The Balaban J connectivity index is 1.41. The van der Waals surface area contributed by atoms with Crippen LogP contribution in [0.15, 0.2) is 18.5 Å². The molecule has 2 aliphatic rings. The van der Waals surface area contributed by atoms with E-state index in [0.717, 1.165) is 69.5 Å². The molecule has 1 atom stereocenters. The van der Waals surface area contributed by atoms with E-state index in [-0.39, 0.29) is 0 Å². The Morgan fingerprint density at radius 1 is 1.22 bits per heavy atom. The molecular formula is C20H30N6O. The molecule has 146 valence electrons. The zero-order chi connectivity index (χ0) is 18.6. The summed E-state index contributed by atoms with van der Waals surface area (Å²) in [6, 6.07) is 1.98. The lowest BCUT2D eigenvalue weighted by molar-refractivity contribution is 0.0712. The van der Waals surface area contributed by atoms with Crippen molar-refractivity contribution in [2.75, 3.05) is 44.2 Å². The van der Waals surface area contributed by atoms with Gasteiger partial charge in [-0.05, 0) is 32.3 Å². The summed E-state index contributed by atoms with van der Waals surface area (Å²) in [6.45, 7) is 11.2. The normalized spacial score (nSPS) is 21.1. The maximum absolute atomic E-state index is 5.77. The highest BCUT2D eigenvalue weighted by molar-refractivity contribution is 5.62. The van der Waals surface area contributed by atoms with Gasteiger partial charge in [0.05, 0.1) is 18.0 Å². The van der Waals surface area contributed by atoms with Crippen molar-refractivity contribution in [3.8, 4) is 11.3 Å². The first-order valence-electron chi connectivity index (χ1n) is 10.2. The molecule has 0 aromatic carbocycles. The number of nitrogens with zero attached hydrogens (tertiary/aromatic N) is 6. The topological polar surface area (TPSA) is 59.3 Å². The van der Waals surface area contributed by atoms with Crippen LogP contribution in [0.25, 0.3) is 11.3 Å². The third-order valence-corrected chi connectivity index (χ3v) is 5.60. The second-order valence-electron chi connectivity index (χ2n) is 7.53. The minimum absolute atomic E-state index is 0.429. The Labute approximate surface area is 161 Å². The average Bonchev–Trinajstić information content (AvgIpc) is 3.33. The molecule has 4 rings (SSSR count). The van der Waals surface area contributed by atoms with Crippen molar-refractivity contribution in [2.45, 2.75) is 45.8 Å². The molecule has 0 saturated carbocycles. The van der Waals surface area contributed by atoms with Crippen molar-refractivity contribution in [3.05, 3.63) is 24.2 Å². The predicted molar refractivity (Wildman–Crippen MR) is 106 cm³/mol. The van der Waals surface area contributed by atoms with Crippen LogP contribution in [0.1, 0.15) is 31.9 Å². The third kappa shape index (κ3) is 4.14. The molecule has 0 spiro atoms. The van der Waals surface area contributed by atoms with Crippen LogP contribution in [-0.4, -0.2) is 70.1 Å². The Bertz CT molecular complexity index is 747. The van der Waals surface area contributed by atoms with Crippen molar-refractivity contribution in [1.29, 1.82) is 0 Å². The minimum atomic E-state index is 0.429. The van der Waals surface area contributed by atoms with Crippen LogP contribution in [0.3, 0.4) is 0 Å². The summed E-state index contributed by atoms with van der Waals surface area (Å²) >= 11 is 0. The number of piperazine rings is 1. The van der Waals surface area contributed by atoms with E-state index in [9.17, 15) is 0 Å². The minimum Gasteiger partial charge on any atom is -0.377 e. The van der Waals surface area contributed by atoms with Crippen LogP contribution in [0, 0.1) is 6.92 Å². The van der Waals surface area contributed by atoms with Gasteiger partial charge in [-0.25, -0.2) is 9.97 Å². The molecule has 0 aliphatic carbocycles. The standard InChI is InChI=1S/C20H30N6O/c1-3-8-26-16(2)18(14-22-26)19-6-7-21-20(23-19)25-11-9-24(10-12-25)15-17-5-4-13-27-17/h6-7,14,17H,3-5,8-13,15H2,1-2H3/t17-/m1/s1. The van der Waals surface area contributed by atoms with Gasteiger partial charge >= 0.3 is 0 Å². The molecule has 27 heavy (non-hydrogen) atoms. The lowest BCUT2D eigenvalue weighted by Crippen LogP contribution is -2.49. The monoisotopic (exact) mass is 370 g/mol. The summed E-state index contributed by atoms with van der Waals surface area (Å²) in [6.07, 6.45) is 7.71. The second-order valence-corrected chi connectivity index (χ2v) is 7.53. The predicted octanol–water partition coefficient (Wildman–Crippen LogP) is 2.36. The maximum atomic E-state index is 5.77. The van der Waals surface area contributed by atoms with Gasteiger partial charge in [0.15, 0.2) is 0 Å². The van der Waals surface area contributed by atoms with E-state index in [0.29, 0.717) is 6.10 Å². The van der Waals surface area contributed by atoms with Crippen LogP contribution >= 0.6 is 0 Å². The van der Waals surface area contributed by atoms with Crippen LogP contribution in [0.4, 0.5) is 5.95 Å². The number of ether oxygens (including phenoxy) is 1. The van der Waals surface area contributed by atoms with E-state index in [1.165, 1.54) is 18.5 Å². The van der Waals surface area contributed by atoms with Gasteiger partial charge in [-0.1, -0.05) is 6.92 Å². The van der Waals surface area contributed by atoms with Gasteiger partial charge in [-0.2, -0.15) is 5.10 Å². The molecular weight excluding hydrogens is 340 g/mol. The van der Waals surface area contributed by atoms with Gasteiger partial charge < -0.3 is 9.64 Å². The van der Waals surface area contributed by atoms with E-state index in [2.05, 4.69) is 38.4 Å². The average molecular weight is 371 g/mol. The van der Waals surface area contributed by atoms with E-state index in [4.69, 9.17) is 9.72 Å². The number of hydrogen-bond donors (Lipinski definition) is 0. The molecule has 2 aliphatic heterocycles. The molecule has 2 aromatic heterocycles. The van der Waals surface area contributed by atoms with Gasteiger partial charge in [0.1, 0.15) is 0 Å². The molecule has 7 nitrogen and oxygen atoms in total. The Morgan fingerprint density at radius 3 is 2.81 bits per heavy atom. The van der Waals surface area contributed by atoms with Gasteiger partial charge in [0, 0.05) is 63.3 Å².